The van der Waals surface area contributed by atoms with Gasteiger partial charge in [0.25, 0.3) is 5.56 Å². The molecule has 0 spiro atoms. The fraction of sp³-hybridized carbons (Fsp3) is 0.316. The smallest absolute Gasteiger partial charge is 0.330 e. The Morgan fingerprint density at radius 2 is 2.14 bits per heavy atom. The molecule has 0 amide bonds. The minimum Gasteiger partial charge on any atom is -0.436 e. The molecular formula is C19H22N3O6P. The van der Waals surface area contributed by atoms with E-state index < -0.39 is 31.6 Å². The van der Waals surface area contributed by atoms with Crippen molar-refractivity contribution in [2.75, 3.05) is 13.2 Å². The monoisotopic (exact) mass is 419 g/mol. The number of H-pyrrole nitrogens is 1. The van der Waals surface area contributed by atoms with Crippen molar-refractivity contribution < 1.29 is 18.6 Å². The van der Waals surface area contributed by atoms with E-state index in [2.05, 4.69) is 16.7 Å². The summed E-state index contributed by atoms with van der Waals surface area (Å²) in [5.74, 6) is 0.606. The molecule has 10 heteroatoms. The molecule has 2 unspecified atom stereocenters. The van der Waals surface area contributed by atoms with Crippen LogP contribution in [0.5, 0.6) is 5.75 Å². The number of nitrogens with zero attached hydrogens (tertiary/aromatic N) is 1. The van der Waals surface area contributed by atoms with Crippen LogP contribution in [0.15, 0.2) is 64.8 Å². The van der Waals surface area contributed by atoms with E-state index in [1.54, 1.807) is 18.2 Å². The Kier molecular flexibility index (Phi) is 7.11. The van der Waals surface area contributed by atoms with Gasteiger partial charge in [-0.15, -0.1) is 6.58 Å². The molecule has 1 saturated heterocycles. The van der Waals surface area contributed by atoms with Gasteiger partial charge in [-0.2, -0.15) is 0 Å². The topological polar surface area (TPSA) is 112 Å². The van der Waals surface area contributed by atoms with Crippen molar-refractivity contribution in [3.05, 3.63) is 76.1 Å². The van der Waals surface area contributed by atoms with E-state index in [0.717, 1.165) is 6.29 Å². The number of aromatic amines is 1. The van der Waals surface area contributed by atoms with Gasteiger partial charge in [-0.25, -0.2) is 9.88 Å². The second-order valence-corrected chi connectivity index (χ2v) is 7.63. The van der Waals surface area contributed by atoms with E-state index in [1.165, 1.54) is 16.8 Å². The number of aromatic nitrogens is 2. The molecule has 1 aromatic carbocycles. The minimum atomic E-state index is -1.60. The number of aldehydes is 1. The maximum absolute atomic E-state index is 12.0. The number of nitrogens with one attached hydrogen (secondary N) is 2. The van der Waals surface area contributed by atoms with E-state index in [0.29, 0.717) is 18.6 Å². The van der Waals surface area contributed by atoms with Gasteiger partial charge in [0, 0.05) is 12.3 Å². The lowest BCUT2D eigenvalue weighted by Crippen LogP contribution is -2.35. The van der Waals surface area contributed by atoms with Gasteiger partial charge < -0.3 is 18.6 Å². The van der Waals surface area contributed by atoms with Crippen molar-refractivity contribution >= 4 is 14.8 Å². The van der Waals surface area contributed by atoms with Crippen LogP contribution >= 0.6 is 8.53 Å². The number of para-hydroxylation sites is 1. The molecule has 1 fully saturated rings. The first-order valence-electron chi connectivity index (χ1n) is 9.01. The lowest BCUT2D eigenvalue weighted by Gasteiger charge is -2.28. The highest BCUT2D eigenvalue weighted by molar-refractivity contribution is 7.45. The molecule has 154 valence electrons. The molecular weight excluding hydrogens is 397 g/mol. The zero-order chi connectivity index (χ0) is 20.7. The van der Waals surface area contributed by atoms with Crippen LogP contribution in [0.1, 0.15) is 19.1 Å². The van der Waals surface area contributed by atoms with E-state index in [9.17, 15) is 14.4 Å². The van der Waals surface area contributed by atoms with Gasteiger partial charge in [-0.05, 0) is 25.0 Å². The number of carbonyl (C=O) groups excluding carboxylic acids is 1. The summed E-state index contributed by atoms with van der Waals surface area (Å²) in [6.07, 6.45) is 4.32. The Bertz CT molecular complexity index is 947. The van der Waals surface area contributed by atoms with Crippen LogP contribution in [0.2, 0.25) is 0 Å². The second kappa shape index (κ2) is 9.76. The number of benzene rings is 1. The summed E-state index contributed by atoms with van der Waals surface area (Å²) < 4.78 is 19.1. The fourth-order valence-electron chi connectivity index (χ4n) is 2.88. The third-order valence-electron chi connectivity index (χ3n) is 4.38. The van der Waals surface area contributed by atoms with Gasteiger partial charge in [0.1, 0.15) is 23.9 Å². The first kappa shape index (κ1) is 21.1. The van der Waals surface area contributed by atoms with Gasteiger partial charge >= 0.3 is 14.2 Å². The summed E-state index contributed by atoms with van der Waals surface area (Å²) in [6.45, 7) is 4.04. The number of ether oxygens (including phenoxy) is 1. The molecule has 2 aromatic rings. The maximum atomic E-state index is 12.0. The lowest BCUT2D eigenvalue weighted by molar-refractivity contribution is -0.107. The molecule has 1 aliphatic rings. The Morgan fingerprint density at radius 3 is 2.83 bits per heavy atom. The summed E-state index contributed by atoms with van der Waals surface area (Å²) in [5, 5.41) is 2.91. The van der Waals surface area contributed by atoms with Crippen LogP contribution in [-0.2, 0) is 14.1 Å². The molecule has 0 saturated carbocycles. The Morgan fingerprint density at radius 1 is 1.34 bits per heavy atom. The van der Waals surface area contributed by atoms with E-state index in [1.807, 2.05) is 18.2 Å². The Labute approximate surface area is 168 Å². The normalized spacial score (nSPS) is 22.1. The van der Waals surface area contributed by atoms with Crippen LogP contribution in [0.25, 0.3) is 0 Å². The van der Waals surface area contributed by atoms with Gasteiger partial charge in [-0.1, -0.05) is 24.3 Å². The van der Waals surface area contributed by atoms with E-state index in [4.69, 9.17) is 13.8 Å². The standard InChI is InChI=1S/C19H22N3O6P/c1-2-19(10-8-17(27-19)22-12-9-16(24)21-18(22)25)14-26-29(20-11-13-23)28-15-6-4-3-5-7-15/h2-7,9,12-13,17,20H,1,8,10-11,14H2,(H,21,24,25)/t17?,19-,29?/m0/s1. The molecule has 2 heterocycles. The van der Waals surface area contributed by atoms with Crippen LogP contribution in [-0.4, -0.2) is 34.6 Å². The summed E-state index contributed by atoms with van der Waals surface area (Å²) in [4.78, 5) is 36.2. The summed E-state index contributed by atoms with van der Waals surface area (Å²) in [5.41, 5.74) is -1.83. The number of rotatable bonds is 10. The predicted molar refractivity (Wildman–Crippen MR) is 108 cm³/mol. The van der Waals surface area contributed by atoms with Gasteiger partial charge in [0.2, 0.25) is 0 Å². The molecule has 1 aromatic heterocycles. The van der Waals surface area contributed by atoms with Crippen LogP contribution in [0.4, 0.5) is 0 Å². The minimum absolute atomic E-state index is 0.0792. The molecule has 2 N–H and O–H groups in total. The third kappa shape index (κ3) is 5.48. The Hall–Kier alpha value is -2.58. The molecule has 1 aliphatic heterocycles. The highest BCUT2D eigenvalue weighted by atomic mass is 31.2. The molecule has 0 bridgehead atoms. The predicted octanol–water partition coefficient (Wildman–Crippen LogP) is 1.88. The van der Waals surface area contributed by atoms with Crippen molar-refractivity contribution in [3.63, 3.8) is 0 Å². The zero-order valence-corrected chi connectivity index (χ0v) is 16.5. The molecule has 0 aliphatic carbocycles. The Balaban J connectivity index is 1.67. The zero-order valence-electron chi connectivity index (χ0n) is 15.7. The van der Waals surface area contributed by atoms with Crippen molar-refractivity contribution in [2.45, 2.75) is 24.7 Å². The van der Waals surface area contributed by atoms with Crippen molar-refractivity contribution in [3.8, 4) is 5.75 Å². The molecule has 9 nitrogen and oxygen atoms in total. The van der Waals surface area contributed by atoms with Crippen molar-refractivity contribution in [2.24, 2.45) is 0 Å². The largest absolute Gasteiger partial charge is 0.436 e. The second-order valence-electron chi connectivity index (χ2n) is 6.36. The maximum Gasteiger partial charge on any atom is 0.330 e. The number of carbonyl (C=O) groups is 1. The summed E-state index contributed by atoms with van der Waals surface area (Å²) >= 11 is 0. The molecule has 3 rings (SSSR count). The fourth-order valence-corrected chi connectivity index (χ4v) is 3.96. The highest BCUT2D eigenvalue weighted by Gasteiger charge is 2.40. The van der Waals surface area contributed by atoms with Gasteiger partial charge in [0.15, 0.2) is 0 Å². The van der Waals surface area contributed by atoms with Crippen LogP contribution in [0, 0.1) is 0 Å². The molecule has 3 atom stereocenters. The summed E-state index contributed by atoms with van der Waals surface area (Å²) in [7, 11) is -1.60. The first-order valence-corrected chi connectivity index (χ1v) is 10.2. The van der Waals surface area contributed by atoms with Crippen molar-refractivity contribution in [1.82, 2.24) is 14.6 Å². The SMILES string of the molecule is C=C[C@@]1(COP(NCC=O)Oc2ccccc2)CCC(n2ccc(=O)[nH]c2=O)O1. The average Bonchev–Trinajstić information content (AvgIpc) is 3.15. The highest BCUT2D eigenvalue weighted by Crippen LogP contribution is 2.41. The van der Waals surface area contributed by atoms with E-state index >= 15 is 0 Å². The quantitative estimate of drug-likeness (QED) is 0.344. The molecule has 0 radical (unpaired) electrons. The van der Waals surface area contributed by atoms with Gasteiger partial charge in [0.05, 0.1) is 13.2 Å². The number of hydrogen-bond donors (Lipinski definition) is 2. The van der Waals surface area contributed by atoms with Gasteiger partial charge in [-0.3, -0.25) is 14.3 Å². The molecule has 29 heavy (non-hydrogen) atoms. The van der Waals surface area contributed by atoms with Crippen molar-refractivity contribution in [1.29, 1.82) is 0 Å². The summed E-state index contributed by atoms with van der Waals surface area (Å²) in [6, 6.07) is 10.4. The number of hydrogen-bond acceptors (Lipinski definition) is 7. The van der Waals surface area contributed by atoms with Crippen LogP contribution in [0.3, 0.4) is 0 Å². The average molecular weight is 419 g/mol. The lowest BCUT2D eigenvalue weighted by atomic mass is 10.0. The van der Waals surface area contributed by atoms with E-state index in [-0.39, 0.29) is 13.2 Å². The van der Waals surface area contributed by atoms with Crippen LogP contribution < -0.4 is 20.9 Å². The third-order valence-corrected chi connectivity index (χ3v) is 5.56. The first-order chi connectivity index (χ1) is 14.0.